The fraction of sp³-hybridized carbons (Fsp3) is 0.0909. The third-order valence-corrected chi connectivity index (χ3v) is 15.1. The molecule has 0 bridgehead atoms. The predicted molar refractivity (Wildman–Crippen MR) is 285 cm³/mol. The summed E-state index contributed by atoms with van der Waals surface area (Å²) >= 11 is 0. The Morgan fingerprint density at radius 2 is 0.809 bits per heavy atom. The highest BCUT2D eigenvalue weighted by molar-refractivity contribution is 6.06. The molecule has 0 radical (unpaired) electrons. The molecular formula is C66H49NO. The van der Waals surface area contributed by atoms with E-state index in [1.165, 1.54) is 77.9 Å². The summed E-state index contributed by atoms with van der Waals surface area (Å²) in [5, 5.41) is 2.28. The minimum absolute atomic E-state index is 0.124. The SMILES string of the molecule is CC1(C)c2ccccc2-c2ccc(N(c3ccc(-c4ccc5c(c4)-c4cc(-c6ccccc6)cc(-c6ccccc6)c4C5(C)C)cc3)c3ccc(-c4ccc5c(c4)oc4ccccc45)cc3)cc21. The number of para-hydroxylation sites is 1. The lowest BCUT2D eigenvalue weighted by molar-refractivity contribution is 0.660. The molecule has 2 aliphatic rings. The average molecular weight is 872 g/mol. The molecule has 0 saturated heterocycles. The van der Waals surface area contributed by atoms with E-state index in [1.54, 1.807) is 0 Å². The van der Waals surface area contributed by atoms with E-state index < -0.39 is 0 Å². The number of rotatable bonds is 7. The number of benzene rings is 10. The highest BCUT2D eigenvalue weighted by Crippen LogP contribution is 2.55. The topological polar surface area (TPSA) is 16.4 Å². The molecule has 2 heteroatoms. The molecule has 2 aliphatic carbocycles. The first-order valence-corrected chi connectivity index (χ1v) is 23.8. The molecule has 0 N–H and O–H groups in total. The Morgan fingerprint density at radius 1 is 0.294 bits per heavy atom. The Labute approximate surface area is 398 Å². The van der Waals surface area contributed by atoms with Crippen LogP contribution in [-0.2, 0) is 10.8 Å². The minimum atomic E-state index is -0.171. The summed E-state index contributed by atoms with van der Waals surface area (Å²) in [4.78, 5) is 2.41. The Bertz CT molecular complexity index is 3760. The van der Waals surface area contributed by atoms with Gasteiger partial charge in [-0.2, -0.15) is 0 Å². The molecule has 0 fully saturated rings. The van der Waals surface area contributed by atoms with Crippen LogP contribution in [0.5, 0.6) is 0 Å². The molecule has 0 aliphatic heterocycles. The summed E-state index contributed by atoms with van der Waals surface area (Å²) in [6.45, 7) is 9.49. The van der Waals surface area contributed by atoms with Gasteiger partial charge in [-0.3, -0.25) is 0 Å². The number of hydrogen-bond acceptors (Lipinski definition) is 2. The maximum absolute atomic E-state index is 6.29. The minimum Gasteiger partial charge on any atom is -0.456 e. The van der Waals surface area contributed by atoms with Gasteiger partial charge in [0, 0.05) is 38.7 Å². The van der Waals surface area contributed by atoms with Crippen LogP contribution in [0.25, 0.3) is 88.7 Å². The van der Waals surface area contributed by atoms with Gasteiger partial charge >= 0.3 is 0 Å². The third kappa shape index (κ3) is 6.25. The molecule has 324 valence electrons. The Balaban J connectivity index is 0.901. The van der Waals surface area contributed by atoms with E-state index in [9.17, 15) is 0 Å². The Hall–Kier alpha value is -8.20. The average Bonchev–Trinajstić information content (AvgIpc) is 3.96. The normalized spacial score (nSPS) is 13.8. The van der Waals surface area contributed by atoms with Gasteiger partial charge in [-0.05, 0) is 162 Å². The zero-order chi connectivity index (χ0) is 45.7. The maximum Gasteiger partial charge on any atom is 0.136 e. The lowest BCUT2D eigenvalue weighted by Gasteiger charge is -2.28. The van der Waals surface area contributed by atoms with Crippen molar-refractivity contribution >= 4 is 39.0 Å². The van der Waals surface area contributed by atoms with E-state index in [2.05, 4.69) is 245 Å². The van der Waals surface area contributed by atoms with E-state index in [-0.39, 0.29) is 10.8 Å². The summed E-state index contributed by atoms with van der Waals surface area (Å²) < 4.78 is 6.29. The van der Waals surface area contributed by atoms with Crippen LogP contribution >= 0.6 is 0 Å². The molecular weight excluding hydrogens is 823 g/mol. The predicted octanol–water partition coefficient (Wildman–Crippen LogP) is 18.3. The van der Waals surface area contributed by atoms with Gasteiger partial charge < -0.3 is 9.32 Å². The van der Waals surface area contributed by atoms with Crippen LogP contribution in [0.4, 0.5) is 17.1 Å². The number of furan rings is 1. The van der Waals surface area contributed by atoms with Crippen LogP contribution in [0.3, 0.4) is 0 Å². The van der Waals surface area contributed by atoms with Gasteiger partial charge in [0.15, 0.2) is 0 Å². The summed E-state index contributed by atoms with van der Waals surface area (Å²) in [6, 6.07) is 82.6. The lowest BCUT2D eigenvalue weighted by Crippen LogP contribution is -2.16. The van der Waals surface area contributed by atoms with Gasteiger partial charge in [-0.1, -0.05) is 179 Å². The molecule has 0 saturated carbocycles. The van der Waals surface area contributed by atoms with E-state index in [0.29, 0.717) is 0 Å². The van der Waals surface area contributed by atoms with Crippen LogP contribution in [0.1, 0.15) is 49.9 Å². The van der Waals surface area contributed by atoms with Crippen molar-refractivity contribution in [1.29, 1.82) is 0 Å². The maximum atomic E-state index is 6.29. The van der Waals surface area contributed by atoms with Crippen molar-refractivity contribution in [3.63, 3.8) is 0 Å². The molecule has 0 spiro atoms. The summed E-state index contributed by atoms with van der Waals surface area (Å²) in [5.41, 5.74) is 25.3. The summed E-state index contributed by atoms with van der Waals surface area (Å²) in [6.07, 6.45) is 0. The number of nitrogens with zero attached hydrogens (tertiary/aromatic N) is 1. The second-order valence-electron chi connectivity index (χ2n) is 19.7. The fourth-order valence-electron chi connectivity index (χ4n) is 11.6. The van der Waals surface area contributed by atoms with Gasteiger partial charge in [0.05, 0.1) is 0 Å². The zero-order valence-electron chi connectivity index (χ0n) is 38.7. The third-order valence-electron chi connectivity index (χ3n) is 15.1. The highest BCUT2D eigenvalue weighted by atomic mass is 16.3. The summed E-state index contributed by atoms with van der Waals surface area (Å²) in [5.74, 6) is 0. The standard InChI is InChI=1S/C66H49NO/c1-65(2)59-21-13-11-19-52(59)53-35-33-51(41-61(53)65)67(50-31-25-44(26-32-50)47-27-34-55-54-20-12-14-22-62(54)68-63(55)40-47)49-29-23-43(24-30-49)46-28-36-60-57(37-46)58-39-48(42-15-7-5-8-16-42)38-56(64(58)66(60,3)4)45-17-9-6-10-18-45/h5-41H,1-4H3. The second kappa shape index (κ2) is 15.2. The quantitative estimate of drug-likeness (QED) is 0.159. The Kier molecular flexibility index (Phi) is 8.95. The smallest absolute Gasteiger partial charge is 0.136 e. The second-order valence-corrected chi connectivity index (χ2v) is 19.7. The first-order valence-electron chi connectivity index (χ1n) is 23.8. The van der Waals surface area contributed by atoms with Gasteiger partial charge in [-0.25, -0.2) is 0 Å². The van der Waals surface area contributed by atoms with Crippen LogP contribution in [0, 0.1) is 0 Å². The number of fused-ring (bicyclic) bond motifs is 9. The van der Waals surface area contributed by atoms with Crippen LogP contribution in [0.15, 0.2) is 229 Å². The van der Waals surface area contributed by atoms with Crippen molar-refractivity contribution < 1.29 is 4.42 Å². The monoisotopic (exact) mass is 871 g/mol. The van der Waals surface area contributed by atoms with Crippen LogP contribution in [0.2, 0.25) is 0 Å². The van der Waals surface area contributed by atoms with E-state index in [0.717, 1.165) is 50.1 Å². The van der Waals surface area contributed by atoms with Gasteiger partial charge in [0.25, 0.3) is 0 Å². The van der Waals surface area contributed by atoms with Crippen molar-refractivity contribution in [3.05, 3.63) is 247 Å². The Morgan fingerprint density at radius 3 is 1.54 bits per heavy atom. The number of anilines is 3. The molecule has 0 amide bonds. The van der Waals surface area contributed by atoms with Crippen LogP contribution in [-0.4, -0.2) is 0 Å². The molecule has 68 heavy (non-hydrogen) atoms. The molecule has 13 rings (SSSR count). The van der Waals surface area contributed by atoms with Crippen molar-refractivity contribution in [2.75, 3.05) is 4.90 Å². The first kappa shape index (κ1) is 40.1. The fourth-order valence-corrected chi connectivity index (χ4v) is 11.6. The van der Waals surface area contributed by atoms with E-state index in [4.69, 9.17) is 4.42 Å². The van der Waals surface area contributed by atoms with E-state index in [1.807, 2.05) is 12.1 Å². The zero-order valence-corrected chi connectivity index (χ0v) is 38.7. The van der Waals surface area contributed by atoms with Crippen molar-refractivity contribution in [2.24, 2.45) is 0 Å². The van der Waals surface area contributed by atoms with Crippen molar-refractivity contribution in [3.8, 4) is 66.8 Å². The van der Waals surface area contributed by atoms with Crippen molar-refractivity contribution in [1.82, 2.24) is 0 Å². The molecule has 11 aromatic rings. The molecule has 1 heterocycles. The summed E-state index contributed by atoms with van der Waals surface area (Å²) in [7, 11) is 0. The first-order chi connectivity index (χ1) is 33.2. The van der Waals surface area contributed by atoms with E-state index >= 15 is 0 Å². The van der Waals surface area contributed by atoms with Gasteiger partial charge in [-0.15, -0.1) is 0 Å². The lowest BCUT2D eigenvalue weighted by atomic mass is 9.78. The van der Waals surface area contributed by atoms with Gasteiger partial charge in [0.2, 0.25) is 0 Å². The molecule has 1 aromatic heterocycles. The molecule has 2 nitrogen and oxygen atoms in total. The van der Waals surface area contributed by atoms with Crippen LogP contribution < -0.4 is 4.90 Å². The molecule has 0 atom stereocenters. The molecule has 10 aromatic carbocycles. The van der Waals surface area contributed by atoms with Crippen molar-refractivity contribution in [2.45, 2.75) is 38.5 Å². The highest BCUT2D eigenvalue weighted by Gasteiger charge is 2.39. The van der Waals surface area contributed by atoms with Gasteiger partial charge in [0.1, 0.15) is 11.2 Å². The largest absolute Gasteiger partial charge is 0.456 e. The number of hydrogen-bond donors (Lipinski definition) is 0. The molecule has 0 unspecified atom stereocenters.